The van der Waals surface area contributed by atoms with Crippen LogP contribution in [0, 0.1) is 0 Å². The van der Waals surface area contributed by atoms with Gasteiger partial charge >= 0.3 is 0 Å². The molecule has 4 rings (SSSR count). The number of hydrogen-bond acceptors (Lipinski definition) is 6. The molecule has 0 aliphatic heterocycles. The van der Waals surface area contributed by atoms with Gasteiger partial charge < -0.3 is 9.88 Å². The van der Waals surface area contributed by atoms with E-state index in [0.717, 1.165) is 30.8 Å². The number of nitrogens with zero attached hydrogens (tertiary/aromatic N) is 2. The average molecular weight is 498 g/mol. The number of thiophene rings is 1. The van der Waals surface area contributed by atoms with Crippen LogP contribution in [0.5, 0.6) is 0 Å². The van der Waals surface area contributed by atoms with Crippen LogP contribution in [0.2, 0.25) is 0 Å². The highest BCUT2D eigenvalue weighted by atomic mass is 32.2. The minimum atomic E-state index is -0.425. The molecule has 178 valence electrons. The Morgan fingerprint density at radius 2 is 1.76 bits per heavy atom. The molecule has 10 heteroatoms. The monoisotopic (exact) mass is 497 g/mol. The normalized spacial score (nSPS) is 13.3. The van der Waals surface area contributed by atoms with Gasteiger partial charge in [-0.05, 0) is 61.6 Å². The predicted molar refractivity (Wildman–Crippen MR) is 134 cm³/mol. The summed E-state index contributed by atoms with van der Waals surface area (Å²) < 4.78 is 1.85. The highest BCUT2D eigenvalue weighted by molar-refractivity contribution is 7.99. The fourth-order valence-corrected chi connectivity index (χ4v) is 5.61. The van der Waals surface area contributed by atoms with E-state index in [9.17, 15) is 14.4 Å². The molecule has 2 aromatic heterocycles. The molecule has 1 aromatic carbocycles. The summed E-state index contributed by atoms with van der Waals surface area (Å²) >= 11 is 2.86. The van der Waals surface area contributed by atoms with Crippen LogP contribution in [0.15, 0.2) is 47.9 Å². The van der Waals surface area contributed by atoms with Gasteiger partial charge in [0.2, 0.25) is 5.91 Å². The minimum absolute atomic E-state index is 0.164. The van der Waals surface area contributed by atoms with Gasteiger partial charge in [0.15, 0.2) is 5.16 Å². The second kappa shape index (κ2) is 11.3. The summed E-state index contributed by atoms with van der Waals surface area (Å²) in [5, 5.41) is 3.56. The SMILES string of the molecule is Cn1ccnc1SCC(=O)Nc1ccc(C(=O)NNC(=O)c2cc3c(s2)CCCCCC3)cc1. The van der Waals surface area contributed by atoms with Crippen LogP contribution < -0.4 is 16.2 Å². The van der Waals surface area contributed by atoms with Gasteiger partial charge in [0, 0.05) is 35.6 Å². The lowest BCUT2D eigenvalue weighted by Crippen LogP contribution is -2.41. The summed E-state index contributed by atoms with van der Waals surface area (Å²) in [5.41, 5.74) is 7.20. The zero-order valence-electron chi connectivity index (χ0n) is 18.9. The first kappa shape index (κ1) is 24.0. The third-order valence-electron chi connectivity index (χ3n) is 5.55. The summed E-state index contributed by atoms with van der Waals surface area (Å²) in [7, 11) is 1.87. The first-order valence-corrected chi connectivity index (χ1v) is 13.0. The molecule has 0 atom stereocenters. The molecule has 1 aliphatic rings. The van der Waals surface area contributed by atoms with E-state index in [1.807, 2.05) is 23.9 Å². The fourth-order valence-electron chi connectivity index (χ4n) is 3.73. The van der Waals surface area contributed by atoms with Crippen LogP contribution in [0.3, 0.4) is 0 Å². The van der Waals surface area contributed by atoms with E-state index in [1.54, 1.807) is 30.5 Å². The van der Waals surface area contributed by atoms with E-state index >= 15 is 0 Å². The quantitative estimate of drug-likeness (QED) is 0.353. The number of rotatable bonds is 6. The van der Waals surface area contributed by atoms with E-state index in [0.29, 0.717) is 16.1 Å². The Hall–Kier alpha value is -3.11. The number of fused-ring (bicyclic) bond motifs is 1. The molecule has 0 bridgehead atoms. The molecule has 8 nitrogen and oxygen atoms in total. The summed E-state index contributed by atoms with van der Waals surface area (Å²) in [6, 6.07) is 8.45. The number of hydrazine groups is 1. The maximum Gasteiger partial charge on any atom is 0.279 e. The summed E-state index contributed by atoms with van der Waals surface area (Å²) in [6.45, 7) is 0. The lowest BCUT2D eigenvalue weighted by atomic mass is 10.00. The van der Waals surface area contributed by atoms with Crippen molar-refractivity contribution in [2.75, 3.05) is 11.1 Å². The van der Waals surface area contributed by atoms with Crippen LogP contribution in [-0.2, 0) is 24.7 Å². The van der Waals surface area contributed by atoms with E-state index in [4.69, 9.17) is 0 Å². The molecular formula is C24H27N5O3S2. The Kier molecular flexibility index (Phi) is 8.02. The number of anilines is 1. The first-order valence-electron chi connectivity index (χ1n) is 11.2. The van der Waals surface area contributed by atoms with Crippen LogP contribution in [0.1, 0.15) is 56.2 Å². The van der Waals surface area contributed by atoms with Gasteiger partial charge in [-0.25, -0.2) is 4.98 Å². The number of hydrogen-bond donors (Lipinski definition) is 3. The maximum atomic E-state index is 12.5. The standard InChI is InChI=1S/C24H27N5O3S2/c1-29-13-12-25-24(29)33-15-21(30)26-18-10-8-16(9-11-18)22(31)27-28-23(32)20-14-17-6-4-2-3-5-7-19(17)34-20/h8-14H,2-7,15H2,1H3,(H,26,30)(H,27,31)(H,28,32). The van der Waals surface area contributed by atoms with Crippen molar-refractivity contribution in [2.45, 2.75) is 43.7 Å². The van der Waals surface area contributed by atoms with E-state index in [-0.39, 0.29) is 17.6 Å². The Balaban J connectivity index is 1.25. The van der Waals surface area contributed by atoms with Gasteiger partial charge in [0.25, 0.3) is 11.8 Å². The van der Waals surface area contributed by atoms with Crippen LogP contribution in [0.4, 0.5) is 5.69 Å². The van der Waals surface area contributed by atoms with Gasteiger partial charge in [0.05, 0.1) is 10.6 Å². The lowest BCUT2D eigenvalue weighted by Gasteiger charge is -2.08. The topological polar surface area (TPSA) is 105 Å². The zero-order valence-corrected chi connectivity index (χ0v) is 20.6. The first-order chi connectivity index (χ1) is 16.5. The molecule has 3 amide bonds. The van der Waals surface area contributed by atoms with Crippen molar-refractivity contribution >= 4 is 46.5 Å². The van der Waals surface area contributed by atoms with Gasteiger partial charge in [-0.15, -0.1) is 11.3 Å². The maximum absolute atomic E-state index is 12.5. The fraction of sp³-hybridized carbons (Fsp3) is 0.333. The van der Waals surface area contributed by atoms with E-state index in [1.165, 1.54) is 46.4 Å². The summed E-state index contributed by atoms with van der Waals surface area (Å²) in [5.74, 6) is -0.668. The van der Waals surface area contributed by atoms with E-state index in [2.05, 4.69) is 21.2 Å². The number of thioether (sulfide) groups is 1. The number of amides is 3. The molecular weight excluding hydrogens is 470 g/mol. The number of imidazole rings is 1. The van der Waals surface area contributed by atoms with Crippen molar-refractivity contribution in [1.29, 1.82) is 0 Å². The van der Waals surface area contributed by atoms with Crippen LogP contribution >= 0.6 is 23.1 Å². The molecule has 0 radical (unpaired) electrons. The smallest absolute Gasteiger partial charge is 0.279 e. The summed E-state index contributed by atoms with van der Waals surface area (Å²) in [6.07, 6.45) is 10.3. The summed E-state index contributed by atoms with van der Waals surface area (Å²) in [4.78, 5) is 43.2. The molecule has 0 fully saturated rings. The Morgan fingerprint density at radius 3 is 2.50 bits per heavy atom. The number of aromatic nitrogens is 2. The van der Waals surface area contributed by atoms with Crippen molar-refractivity contribution in [3.8, 4) is 0 Å². The van der Waals surface area contributed by atoms with Crippen LogP contribution in [-0.4, -0.2) is 33.0 Å². The molecule has 0 spiro atoms. The van der Waals surface area contributed by atoms with Gasteiger partial charge in [0.1, 0.15) is 0 Å². The minimum Gasteiger partial charge on any atom is -0.329 e. The van der Waals surface area contributed by atoms with Crippen molar-refractivity contribution in [3.63, 3.8) is 0 Å². The van der Waals surface area contributed by atoms with Gasteiger partial charge in [-0.3, -0.25) is 25.2 Å². The molecule has 1 aliphatic carbocycles. The number of carbonyl (C=O) groups excluding carboxylic acids is 3. The zero-order chi connectivity index (χ0) is 23.9. The van der Waals surface area contributed by atoms with Crippen molar-refractivity contribution in [1.82, 2.24) is 20.4 Å². The molecule has 2 heterocycles. The molecule has 0 unspecified atom stereocenters. The average Bonchev–Trinajstić information content (AvgIpc) is 3.41. The Bertz CT molecular complexity index is 1140. The van der Waals surface area contributed by atoms with Gasteiger partial charge in [-0.1, -0.05) is 24.6 Å². The molecule has 0 saturated heterocycles. The van der Waals surface area contributed by atoms with Crippen molar-refractivity contribution in [2.24, 2.45) is 7.05 Å². The van der Waals surface area contributed by atoms with Crippen molar-refractivity contribution in [3.05, 3.63) is 63.6 Å². The van der Waals surface area contributed by atoms with E-state index < -0.39 is 5.91 Å². The van der Waals surface area contributed by atoms with Gasteiger partial charge in [-0.2, -0.15) is 0 Å². The van der Waals surface area contributed by atoms with Crippen LogP contribution in [0.25, 0.3) is 0 Å². The third-order valence-corrected chi connectivity index (χ3v) is 7.84. The number of aryl methyl sites for hydroxylation is 3. The lowest BCUT2D eigenvalue weighted by molar-refractivity contribution is -0.113. The number of nitrogens with one attached hydrogen (secondary N) is 3. The molecule has 34 heavy (non-hydrogen) atoms. The number of carbonyl (C=O) groups is 3. The Labute approximate surface area is 206 Å². The Morgan fingerprint density at radius 1 is 1.03 bits per heavy atom. The number of benzene rings is 1. The second-order valence-electron chi connectivity index (χ2n) is 8.12. The second-order valence-corrected chi connectivity index (χ2v) is 10.2. The molecule has 0 saturated carbocycles. The molecule has 3 N–H and O–H groups in total. The van der Waals surface area contributed by atoms with Crippen molar-refractivity contribution < 1.29 is 14.4 Å². The largest absolute Gasteiger partial charge is 0.329 e. The highest BCUT2D eigenvalue weighted by Crippen LogP contribution is 2.28. The third kappa shape index (κ3) is 6.27. The molecule has 3 aromatic rings. The highest BCUT2D eigenvalue weighted by Gasteiger charge is 2.17. The predicted octanol–water partition coefficient (Wildman–Crippen LogP) is 3.95.